The maximum atomic E-state index is 12.6. The van der Waals surface area contributed by atoms with Crippen molar-refractivity contribution in [2.45, 2.75) is 45.6 Å². The van der Waals surface area contributed by atoms with Gasteiger partial charge in [0.1, 0.15) is 0 Å². The zero-order valence-electron chi connectivity index (χ0n) is 15.8. The molecule has 0 atom stereocenters. The molecular weight excluding hydrogens is 338 g/mol. The fourth-order valence-corrected chi connectivity index (χ4v) is 3.63. The highest BCUT2D eigenvalue weighted by atomic mass is 16.2. The lowest BCUT2D eigenvalue weighted by Crippen LogP contribution is -2.35. The molecule has 2 amide bonds. The zero-order chi connectivity index (χ0) is 19.1. The fraction of sp³-hybridized carbons (Fsp3) is 0.409. The van der Waals surface area contributed by atoms with Gasteiger partial charge in [-0.15, -0.1) is 0 Å². The summed E-state index contributed by atoms with van der Waals surface area (Å²) >= 11 is 0. The molecule has 0 radical (unpaired) electrons. The number of nitrogens with zero attached hydrogens (tertiary/aromatic N) is 1. The standard InChI is InChI=1S/C22H27N3O2/c1-2-16-7-3-4-9-20(16)25-22(27)18-12-10-17(11-13-18)21(26)24-15-19-8-5-6-14-23-19/h3-9,14,17-18H,2,10-13,15H2,1H3,(H,24,26)(H,25,27). The number of hydrogen-bond acceptors (Lipinski definition) is 3. The van der Waals surface area contributed by atoms with Crippen LogP contribution in [0.3, 0.4) is 0 Å². The van der Waals surface area contributed by atoms with Crippen LogP contribution >= 0.6 is 0 Å². The van der Waals surface area contributed by atoms with E-state index in [0.717, 1.165) is 49.0 Å². The van der Waals surface area contributed by atoms with Crippen LogP contribution in [0.1, 0.15) is 43.9 Å². The van der Waals surface area contributed by atoms with Crippen molar-refractivity contribution in [3.63, 3.8) is 0 Å². The fourth-order valence-electron chi connectivity index (χ4n) is 3.63. The van der Waals surface area contributed by atoms with Gasteiger partial charge in [-0.05, 0) is 55.9 Å². The Morgan fingerprint density at radius 2 is 1.63 bits per heavy atom. The van der Waals surface area contributed by atoms with Gasteiger partial charge in [0.25, 0.3) is 0 Å². The van der Waals surface area contributed by atoms with Gasteiger partial charge in [-0.2, -0.15) is 0 Å². The maximum absolute atomic E-state index is 12.6. The summed E-state index contributed by atoms with van der Waals surface area (Å²) in [5, 5.41) is 6.04. The van der Waals surface area contributed by atoms with E-state index < -0.39 is 0 Å². The maximum Gasteiger partial charge on any atom is 0.227 e. The van der Waals surface area contributed by atoms with Crippen molar-refractivity contribution in [2.24, 2.45) is 11.8 Å². The predicted octanol–water partition coefficient (Wildman–Crippen LogP) is 3.71. The Kier molecular flexibility index (Phi) is 6.58. The number of aryl methyl sites for hydroxylation is 1. The summed E-state index contributed by atoms with van der Waals surface area (Å²) in [7, 11) is 0. The Hall–Kier alpha value is -2.69. The molecule has 1 heterocycles. The predicted molar refractivity (Wildman–Crippen MR) is 106 cm³/mol. The summed E-state index contributed by atoms with van der Waals surface area (Å²) in [5.41, 5.74) is 2.90. The van der Waals surface area contributed by atoms with Crippen molar-refractivity contribution < 1.29 is 9.59 Å². The monoisotopic (exact) mass is 365 g/mol. The molecule has 0 spiro atoms. The first-order chi connectivity index (χ1) is 13.2. The Labute approximate surface area is 160 Å². The lowest BCUT2D eigenvalue weighted by molar-refractivity contribution is -0.128. The van der Waals surface area contributed by atoms with Gasteiger partial charge in [-0.25, -0.2) is 0 Å². The Morgan fingerprint density at radius 1 is 0.963 bits per heavy atom. The number of rotatable bonds is 6. The molecule has 0 saturated heterocycles. The largest absolute Gasteiger partial charge is 0.350 e. The Morgan fingerprint density at radius 3 is 2.30 bits per heavy atom. The van der Waals surface area contributed by atoms with Gasteiger partial charge in [0.15, 0.2) is 0 Å². The van der Waals surface area contributed by atoms with Crippen LogP contribution in [0.25, 0.3) is 0 Å². The van der Waals surface area contributed by atoms with E-state index >= 15 is 0 Å². The first-order valence-electron chi connectivity index (χ1n) is 9.73. The van der Waals surface area contributed by atoms with E-state index in [0.29, 0.717) is 6.54 Å². The first kappa shape index (κ1) is 19.1. The van der Waals surface area contributed by atoms with Crippen LogP contribution in [0, 0.1) is 11.8 Å². The topological polar surface area (TPSA) is 71.1 Å². The first-order valence-corrected chi connectivity index (χ1v) is 9.73. The summed E-state index contributed by atoms with van der Waals surface area (Å²) in [6.07, 6.45) is 5.62. The Bertz CT molecular complexity index is 768. The van der Waals surface area contributed by atoms with E-state index in [4.69, 9.17) is 0 Å². The minimum absolute atomic E-state index is 0.0132. The number of para-hydroxylation sites is 1. The van der Waals surface area contributed by atoms with Gasteiger partial charge in [0.05, 0.1) is 12.2 Å². The highest BCUT2D eigenvalue weighted by Crippen LogP contribution is 2.30. The van der Waals surface area contributed by atoms with Gasteiger partial charge >= 0.3 is 0 Å². The van der Waals surface area contributed by atoms with E-state index in [9.17, 15) is 9.59 Å². The molecule has 5 nitrogen and oxygen atoms in total. The molecule has 0 aliphatic heterocycles. The molecule has 27 heavy (non-hydrogen) atoms. The van der Waals surface area contributed by atoms with Gasteiger partial charge in [0.2, 0.25) is 11.8 Å². The SMILES string of the molecule is CCc1ccccc1NC(=O)C1CCC(C(=O)NCc2ccccn2)CC1. The lowest BCUT2D eigenvalue weighted by atomic mass is 9.81. The molecule has 1 aromatic heterocycles. The van der Waals surface area contributed by atoms with Crippen molar-refractivity contribution in [1.29, 1.82) is 0 Å². The third-order valence-electron chi connectivity index (χ3n) is 5.29. The molecule has 1 saturated carbocycles. The normalized spacial score (nSPS) is 19.3. The van der Waals surface area contributed by atoms with Crippen LogP contribution in [0.4, 0.5) is 5.69 Å². The number of pyridine rings is 1. The van der Waals surface area contributed by atoms with E-state index in [-0.39, 0.29) is 23.7 Å². The van der Waals surface area contributed by atoms with Crippen LogP contribution in [0.5, 0.6) is 0 Å². The second kappa shape index (κ2) is 9.31. The van der Waals surface area contributed by atoms with Crippen LogP contribution in [-0.2, 0) is 22.6 Å². The van der Waals surface area contributed by atoms with Gasteiger partial charge < -0.3 is 10.6 Å². The number of aromatic nitrogens is 1. The number of hydrogen-bond donors (Lipinski definition) is 2. The van der Waals surface area contributed by atoms with E-state index in [1.807, 2.05) is 42.5 Å². The summed E-state index contributed by atoms with van der Waals surface area (Å²) in [6.45, 7) is 2.54. The molecule has 3 rings (SSSR count). The highest BCUT2D eigenvalue weighted by Gasteiger charge is 2.30. The molecule has 2 N–H and O–H groups in total. The van der Waals surface area contributed by atoms with Gasteiger partial charge in [0, 0.05) is 23.7 Å². The average Bonchev–Trinajstić information content (AvgIpc) is 2.73. The van der Waals surface area contributed by atoms with Crippen molar-refractivity contribution in [3.05, 3.63) is 59.9 Å². The van der Waals surface area contributed by atoms with Crippen LogP contribution < -0.4 is 10.6 Å². The van der Waals surface area contributed by atoms with Crippen LogP contribution in [-0.4, -0.2) is 16.8 Å². The number of nitrogens with one attached hydrogen (secondary N) is 2. The summed E-state index contributed by atoms with van der Waals surface area (Å²) in [4.78, 5) is 29.2. The van der Waals surface area contributed by atoms with Gasteiger partial charge in [-0.3, -0.25) is 14.6 Å². The molecule has 5 heteroatoms. The number of amides is 2. The van der Waals surface area contributed by atoms with Crippen LogP contribution in [0.15, 0.2) is 48.7 Å². The number of carbonyl (C=O) groups excluding carboxylic acids is 2. The van der Waals surface area contributed by atoms with Crippen molar-refractivity contribution in [2.75, 3.05) is 5.32 Å². The van der Waals surface area contributed by atoms with E-state index in [2.05, 4.69) is 22.5 Å². The van der Waals surface area contributed by atoms with Gasteiger partial charge in [-0.1, -0.05) is 31.2 Å². The third kappa shape index (κ3) is 5.16. The minimum Gasteiger partial charge on any atom is -0.350 e. The second-order valence-electron chi connectivity index (χ2n) is 7.09. The average molecular weight is 365 g/mol. The molecule has 2 aromatic rings. The smallest absolute Gasteiger partial charge is 0.227 e. The highest BCUT2D eigenvalue weighted by molar-refractivity contribution is 5.93. The summed E-state index contributed by atoms with van der Waals surface area (Å²) in [6, 6.07) is 13.6. The number of benzene rings is 1. The summed E-state index contributed by atoms with van der Waals surface area (Å²) < 4.78 is 0. The van der Waals surface area contributed by atoms with E-state index in [1.54, 1.807) is 6.20 Å². The molecule has 0 unspecified atom stereocenters. The molecule has 1 aliphatic rings. The number of anilines is 1. The molecular formula is C22H27N3O2. The summed E-state index contributed by atoms with van der Waals surface area (Å²) in [5.74, 6) is 0.106. The lowest BCUT2D eigenvalue weighted by Gasteiger charge is -2.27. The van der Waals surface area contributed by atoms with Crippen LogP contribution in [0.2, 0.25) is 0 Å². The van der Waals surface area contributed by atoms with Crippen molar-refractivity contribution >= 4 is 17.5 Å². The van der Waals surface area contributed by atoms with E-state index in [1.165, 1.54) is 0 Å². The zero-order valence-corrected chi connectivity index (χ0v) is 15.8. The molecule has 1 fully saturated rings. The van der Waals surface area contributed by atoms with Crippen molar-refractivity contribution in [1.82, 2.24) is 10.3 Å². The number of carbonyl (C=O) groups is 2. The molecule has 1 aliphatic carbocycles. The quantitative estimate of drug-likeness (QED) is 0.820. The minimum atomic E-state index is -0.0187. The van der Waals surface area contributed by atoms with Crippen molar-refractivity contribution in [3.8, 4) is 0 Å². The Balaban J connectivity index is 1.46. The molecule has 142 valence electrons. The molecule has 0 bridgehead atoms. The third-order valence-corrected chi connectivity index (χ3v) is 5.29. The molecule has 1 aromatic carbocycles. The second-order valence-corrected chi connectivity index (χ2v) is 7.09.